The molecule has 0 aliphatic carbocycles. The first-order valence-electron chi connectivity index (χ1n) is 9.66. The number of hydrogen-bond acceptors (Lipinski definition) is 5. The summed E-state index contributed by atoms with van der Waals surface area (Å²) in [6.45, 7) is 7.81. The van der Waals surface area contributed by atoms with Gasteiger partial charge in [-0.2, -0.15) is 0 Å². The van der Waals surface area contributed by atoms with Gasteiger partial charge in [-0.1, -0.05) is 13.3 Å². The number of likely N-dealkylation sites (tertiary alicyclic amines) is 1. The minimum atomic E-state index is 0.327. The summed E-state index contributed by atoms with van der Waals surface area (Å²) in [5, 5.41) is 3.17. The number of anilines is 1. The number of nitrogens with zero attached hydrogens (tertiary/aromatic N) is 4. The quantitative estimate of drug-likeness (QED) is 0.851. The first kappa shape index (κ1) is 18.1. The maximum Gasteiger partial charge on any atom is 0.222 e. The van der Waals surface area contributed by atoms with Crippen molar-refractivity contribution in [3.63, 3.8) is 0 Å². The predicted octanol–water partition coefficient (Wildman–Crippen LogP) is 1.77. The minimum Gasteiger partial charge on any atom is -0.356 e. The van der Waals surface area contributed by atoms with Crippen LogP contribution >= 0.6 is 0 Å². The van der Waals surface area contributed by atoms with Gasteiger partial charge in [0.1, 0.15) is 11.6 Å². The van der Waals surface area contributed by atoms with Gasteiger partial charge < -0.3 is 15.1 Å². The third-order valence-corrected chi connectivity index (χ3v) is 5.45. The molecule has 0 radical (unpaired) electrons. The zero-order valence-electron chi connectivity index (χ0n) is 15.8. The summed E-state index contributed by atoms with van der Waals surface area (Å²) in [6.07, 6.45) is 4.82. The number of carbonyl (C=O) groups excluding carboxylic acids is 1. The van der Waals surface area contributed by atoms with Crippen LogP contribution in [0.4, 0.5) is 5.82 Å². The van der Waals surface area contributed by atoms with Crippen molar-refractivity contribution >= 4 is 11.7 Å². The minimum absolute atomic E-state index is 0.327. The molecule has 3 heterocycles. The van der Waals surface area contributed by atoms with Crippen LogP contribution in [0.15, 0.2) is 6.07 Å². The van der Waals surface area contributed by atoms with Gasteiger partial charge in [0.25, 0.3) is 0 Å². The van der Waals surface area contributed by atoms with Gasteiger partial charge in [-0.15, -0.1) is 0 Å². The van der Waals surface area contributed by atoms with Crippen molar-refractivity contribution in [1.82, 2.24) is 20.2 Å². The number of aromatic nitrogens is 2. The maximum atomic E-state index is 12.3. The zero-order valence-corrected chi connectivity index (χ0v) is 15.8. The number of aryl methyl sites for hydroxylation is 2. The van der Waals surface area contributed by atoms with Crippen molar-refractivity contribution in [2.45, 2.75) is 52.0 Å². The molecule has 2 atom stereocenters. The fourth-order valence-electron chi connectivity index (χ4n) is 4.24. The first-order valence-corrected chi connectivity index (χ1v) is 9.66. The Morgan fingerprint density at radius 2 is 2.16 bits per heavy atom. The predicted molar refractivity (Wildman–Crippen MR) is 99.7 cm³/mol. The molecule has 0 bridgehead atoms. The Morgan fingerprint density at radius 3 is 2.92 bits per heavy atom. The number of carbonyl (C=O) groups is 1. The molecule has 1 aromatic heterocycles. The summed E-state index contributed by atoms with van der Waals surface area (Å²) in [6, 6.07) is 2.55. The molecule has 138 valence electrons. The van der Waals surface area contributed by atoms with Crippen LogP contribution in [0.5, 0.6) is 0 Å². The molecule has 2 fully saturated rings. The van der Waals surface area contributed by atoms with Crippen LogP contribution < -0.4 is 10.2 Å². The van der Waals surface area contributed by atoms with Crippen molar-refractivity contribution < 1.29 is 4.79 Å². The third-order valence-electron chi connectivity index (χ3n) is 5.45. The molecule has 3 rings (SSSR count). The van der Waals surface area contributed by atoms with Crippen molar-refractivity contribution in [1.29, 1.82) is 0 Å². The van der Waals surface area contributed by atoms with Gasteiger partial charge in [0, 0.05) is 50.4 Å². The van der Waals surface area contributed by atoms with Gasteiger partial charge >= 0.3 is 0 Å². The van der Waals surface area contributed by atoms with E-state index >= 15 is 0 Å². The molecule has 1 amide bonds. The van der Waals surface area contributed by atoms with Crippen LogP contribution in [0.2, 0.25) is 0 Å². The molecular formula is C19H31N5O. The number of piperidine rings is 2. The monoisotopic (exact) mass is 345 g/mol. The molecule has 0 aromatic carbocycles. The smallest absolute Gasteiger partial charge is 0.222 e. The molecule has 0 spiro atoms. The van der Waals surface area contributed by atoms with E-state index in [1.165, 1.54) is 0 Å². The number of amides is 1. The Bertz CT molecular complexity index is 605. The molecule has 1 N–H and O–H groups in total. The van der Waals surface area contributed by atoms with Crippen LogP contribution in [-0.4, -0.2) is 60.0 Å². The Labute approximate surface area is 151 Å². The SMILES string of the molecule is CCCc1cc(N2CC[C@@H]3[C@@H](CCC(=O)N3CCNC)C2)nc(C)n1. The zero-order chi connectivity index (χ0) is 17.8. The lowest BCUT2D eigenvalue weighted by Gasteiger charge is -2.47. The third kappa shape index (κ3) is 4.11. The summed E-state index contributed by atoms with van der Waals surface area (Å²) >= 11 is 0. The van der Waals surface area contributed by atoms with E-state index in [0.29, 0.717) is 24.3 Å². The molecule has 1 aromatic rings. The van der Waals surface area contributed by atoms with E-state index in [-0.39, 0.29) is 0 Å². The Balaban J connectivity index is 1.72. The Morgan fingerprint density at radius 1 is 1.32 bits per heavy atom. The Kier molecular flexibility index (Phi) is 5.89. The molecule has 2 aliphatic rings. The molecule has 0 saturated carbocycles. The van der Waals surface area contributed by atoms with E-state index in [1.807, 2.05) is 14.0 Å². The van der Waals surface area contributed by atoms with Gasteiger partial charge in [0.05, 0.1) is 0 Å². The van der Waals surface area contributed by atoms with E-state index < -0.39 is 0 Å². The van der Waals surface area contributed by atoms with Crippen molar-refractivity contribution in [2.75, 3.05) is 38.1 Å². The van der Waals surface area contributed by atoms with Gasteiger partial charge in [0.15, 0.2) is 0 Å². The van der Waals surface area contributed by atoms with Crippen molar-refractivity contribution in [3.8, 4) is 0 Å². The molecule has 2 aliphatic heterocycles. The standard InChI is InChI=1S/C19H31N5O/c1-4-5-16-12-18(22-14(2)21-16)23-10-8-17-15(13-23)6-7-19(25)24(17)11-9-20-3/h12,15,17,20H,4-11,13H2,1-3H3/t15-,17+/m0/s1. The second kappa shape index (κ2) is 8.13. The highest BCUT2D eigenvalue weighted by Gasteiger charge is 2.39. The van der Waals surface area contributed by atoms with Crippen LogP contribution in [0.1, 0.15) is 44.1 Å². The van der Waals surface area contributed by atoms with Gasteiger partial charge in [-0.05, 0) is 39.2 Å². The van der Waals surface area contributed by atoms with Gasteiger partial charge in [-0.25, -0.2) is 9.97 Å². The van der Waals surface area contributed by atoms with Crippen LogP contribution in [0.25, 0.3) is 0 Å². The van der Waals surface area contributed by atoms with E-state index in [2.05, 4.69) is 38.1 Å². The highest BCUT2D eigenvalue weighted by molar-refractivity contribution is 5.77. The molecule has 2 saturated heterocycles. The lowest BCUT2D eigenvalue weighted by molar-refractivity contribution is -0.139. The average Bonchev–Trinajstić information content (AvgIpc) is 2.60. The van der Waals surface area contributed by atoms with Crippen LogP contribution in [-0.2, 0) is 11.2 Å². The summed E-state index contributed by atoms with van der Waals surface area (Å²) in [5.41, 5.74) is 1.14. The fraction of sp³-hybridized carbons (Fsp3) is 0.737. The lowest BCUT2D eigenvalue weighted by atomic mass is 9.83. The summed E-state index contributed by atoms with van der Waals surface area (Å²) in [7, 11) is 1.94. The van der Waals surface area contributed by atoms with E-state index in [9.17, 15) is 4.79 Å². The fourth-order valence-corrected chi connectivity index (χ4v) is 4.24. The van der Waals surface area contributed by atoms with E-state index in [1.54, 1.807) is 0 Å². The molecular weight excluding hydrogens is 314 g/mol. The molecule has 6 nitrogen and oxygen atoms in total. The van der Waals surface area contributed by atoms with Crippen molar-refractivity contribution in [3.05, 3.63) is 17.6 Å². The summed E-state index contributed by atoms with van der Waals surface area (Å²) in [4.78, 5) is 26.1. The molecule has 25 heavy (non-hydrogen) atoms. The molecule has 0 unspecified atom stereocenters. The second-order valence-electron chi connectivity index (χ2n) is 7.31. The van der Waals surface area contributed by atoms with Crippen molar-refractivity contribution in [2.24, 2.45) is 5.92 Å². The number of nitrogens with one attached hydrogen (secondary N) is 1. The van der Waals surface area contributed by atoms with E-state index in [0.717, 1.165) is 69.2 Å². The van der Waals surface area contributed by atoms with Gasteiger partial charge in [-0.3, -0.25) is 4.79 Å². The topological polar surface area (TPSA) is 61.4 Å². The summed E-state index contributed by atoms with van der Waals surface area (Å²) < 4.78 is 0. The number of hydrogen-bond donors (Lipinski definition) is 1. The average molecular weight is 345 g/mol. The first-order chi connectivity index (χ1) is 12.1. The normalized spacial score (nSPS) is 23.7. The van der Waals surface area contributed by atoms with Gasteiger partial charge in [0.2, 0.25) is 5.91 Å². The van der Waals surface area contributed by atoms with Crippen LogP contribution in [0, 0.1) is 12.8 Å². The Hall–Kier alpha value is -1.69. The molecule has 6 heteroatoms. The highest BCUT2D eigenvalue weighted by atomic mass is 16.2. The van der Waals surface area contributed by atoms with Crippen LogP contribution in [0.3, 0.4) is 0 Å². The van der Waals surface area contributed by atoms with E-state index in [4.69, 9.17) is 0 Å². The lowest BCUT2D eigenvalue weighted by Crippen LogP contribution is -2.57. The number of rotatable bonds is 6. The summed E-state index contributed by atoms with van der Waals surface area (Å²) in [5.74, 6) is 2.80. The highest BCUT2D eigenvalue weighted by Crippen LogP contribution is 2.32. The number of likely N-dealkylation sites (N-methyl/N-ethyl adjacent to an activating group) is 1. The second-order valence-corrected chi connectivity index (χ2v) is 7.31. The largest absolute Gasteiger partial charge is 0.356 e. The maximum absolute atomic E-state index is 12.3. The number of fused-ring (bicyclic) bond motifs is 1.